The molecule has 1 aliphatic carbocycles. The summed E-state index contributed by atoms with van der Waals surface area (Å²) in [5.41, 5.74) is 2.53. The van der Waals surface area contributed by atoms with Crippen molar-refractivity contribution < 1.29 is 0 Å². The minimum absolute atomic E-state index is 0.598. The number of allylic oxidation sites excluding steroid dienone is 2. The lowest BCUT2D eigenvalue weighted by Crippen LogP contribution is -2.30. The first-order valence-electron chi connectivity index (χ1n) is 4.88. The van der Waals surface area contributed by atoms with Crippen molar-refractivity contribution in [2.75, 3.05) is 14.1 Å². The van der Waals surface area contributed by atoms with Crippen LogP contribution in [0.1, 0.15) is 26.2 Å². The largest absolute Gasteiger partial charge is 0.386 e. The first kappa shape index (κ1) is 10.2. The van der Waals surface area contributed by atoms with Crippen LogP contribution in [0.2, 0.25) is 0 Å². The van der Waals surface area contributed by atoms with Crippen LogP contribution in [-0.2, 0) is 0 Å². The van der Waals surface area contributed by atoms with E-state index in [1.807, 2.05) is 6.92 Å². The van der Waals surface area contributed by atoms with Gasteiger partial charge >= 0.3 is 0 Å². The first-order valence-corrected chi connectivity index (χ1v) is 4.88. The number of rotatable bonds is 3. The molecule has 1 rings (SSSR count). The summed E-state index contributed by atoms with van der Waals surface area (Å²) in [5, 5.41) is 3.38. The highest BCUT2D eigenvalue weighted by Crippen LogP contribution is 2.19. The zero-order valence-electron chi connectivity index (χ0n) is 8.93. The molecular weight excluding hydrogens is 160 g/mol. The molecule has 13 heavy (non-hydrogen) atoms. The molecule has 0 amide bonds. The number of nitrogens with zero attached hydrogens (tertiary/aromatic N) is 1. The predicted octanol–water partition coefficient (Wildman–Crippen LogP) is 2.11. The van der Waals surface area contributed by atoms with Gasteiger partial charge in [-0.1, -0.05) is 12.7 Å². The molecule has 0 aromatic heterocycles. The van der Waals surface area contributed by atoms with E-state index in [2.05, 4.69) is 37.0 Å². The maximum Gasteiger partial charge on any atom is 0.0296 e. The van der Waals surface area contributed by atoms with Gasteiger partial charge in [0.05, 0.1) is 0 Å². The van der Waals surface area contributed by atoms with E-state index in [4.69, 9.17) is 0 Å². The Morgan fingerprint density at radius 2 is 2.31 bits per heavy atom. The zero-order valence-corrected chi connectivity index (χ0v) is 8.93. The molecule has 1 N–H and O–H groups in total. The molecule has 0 saturated heterocycles. The van der Waals surface area contributed by atoms with E-state index < -0.39 is 0 Å². The van der Waals surface area contributed by atoms with Crippen LogP contribution in [-0.4, -0.2) is 25.0 Å². The molecule has 0 aliphatic heterocycles. The van der Waals surface area contributed by atoms with Gasteiger partial charge < -0.3 is 10.2 Å². The summed E-state index contributed by atoms with van der Waals surface area (Å²) in [6.45, 7) is 5.88. The van der Waals surface area contributed by atoms with Gasteiger partial charge in [-0.05, 0) is 26.2 Å². The van der Waals surface area contributed by atoms with Crippen molar-refractivity contribution in [3.63, 3.8) is 0 Å². The maximum atomic E-state index is 3.86. The second-order valence-corrected chi connectivity index (χ2v) is 3.99. The fourth-order valence-corrected chi connectivity index (χ4v) is 1.71. The minimum atomic E-state index is 0.598. The molecule has 0 heterocycles. The molecule has 1 unspecified atom stereocenters. The third-order valence-corrected chi connectivity index (χ3v) is 2.41. The Bertz CT molecular complexity index is 216. The Labute approximate surface area is 81.3 Å². The Balaban J connectivity index is 2.42. The van der Waals surface area contributed by atoms with Crippen molar-refractivity contribution in [2.24, 2.45) is 0 Å². The van der Waals surface area contributed by atoms with Gasteiger partial charge in [-0.15, -0.1) is 0 Å². The van der Waals surface area contributed by atoms with Gasteiger partial charge in [0.15, 0.2) is 0 Å². The highest BCUT2D eigenvalue weighted by molar-refractivity contribution is 5.07. The number of nitrogens with one attached hydrogen (secondary N) is 1. The highest BCUT2D eigenvalue weighted by Gasteiger charge is 2.14. The molecule has 0 spiro atoms. The summed E-state index contributed by atoms with van der Waals surface area (Å²) in [4.78, 5) is 2.21. The Kier molecular flexibility index (Phi) is 3.40. The minimum Gasteiger partial charge on any atom is -0.386 e. The van der Waals surface area contributed by atoms with Crippen molar-refractivity contribution in [1.29, 1.82) is 0 Å². The standard InChI is InChI=1S/C11H20N2/c1-9(2)12-10-5-7-11(8-6-10)13(3)4/h7,10,12H,1,5-6,8H2,2-4H3. The lowest BCUT2D eigenvalue weighted by Gasteiger charge is -2.27. The maximum absolute atomic E-state index is 3.86. The molecule has 0 aromatic carbocycles. The molecule has 0 aromatic rings. The summed E-state index contributed by atoms with van der Waals surface area (Å²) < 4.78 is 0. The van der Waals surface area contributed by atoms with E-state index >= 15 is 0 Å². The van der Waals surface area contributed by atoms with Crippen LogP contribution in [0, 0.1) is 0 Å². The van der Waals surface area contributed by atoms with Gasteiger partial charge in [0, 0.05) is 31.5 Å². The van der Waals surface area contributed by atoms with Crippen molar-refractivity contribution >= 4 is 0 Å². The molecule has 2 heteroatoms. The Morgan fingerprint density at radius 1 is 1.62 bits per heavy atom. The third kappa shape index (κ3) is 3.13. The topological polar surface area (TPSA) is 15.3 Å². The van der Waals surface area contributed by atoms with Gasteiger partial charge in [0.1, 0.15) is 0 Å². The highest BCUT2D eigenvalue weighted by atomic mass is 15.1. The zero-order chi connectivity index (χ0) is 9.84. The van der Waals surface area contributed by atoms with E-state index in [1.165, 1.54) is 18.5 Å². The molecule has 1 atom stereocenters. The van der Waals surface area contributed by atoms with Crippen LogP contribution < -0.4 is 5.32 Å². The molecule has 0 fully saturated rings. The van der Waals surface area contributed by atoms with E-state index in [0.717, 1.165) is 12.1 Å². The van der Waals surface area contributed by atoms with E-state index in [-0.39, 0.29) is 0 Å². The van der Waals surface area contributed by atoms with E-state index in [9.17, 15) is 0 Å². The van der Waals surface area contributed by atoms with Crippen molar-refractivity contribution in [3.8, 4) is 0 Å². The van der Waals surface area contributed by atoms with E-state index in [1.54, 1.807) is 0 Å². The predicted molar refractivity (Wildman–Crippen MR) is 57.4 cm³/mol. The molecular formula is C11H20N2. The summed E-state index contributed by atoms with van der Waals surface area (Å²) in [6.07, 6.45) is 5.85. The van der Waals surface area contributed by atoms with Gasteiger partial charge in [-0.3, -0.25) is 0 Å². The average Bonchev–Trinajstić information content (AvgIpc) is 2.04. The lowest BCUT2D eigenvalue weighted by atomic mass is 9.98. The van der Waals surface area contributed by atoms with Crippen molar-refractivity contribution in [2.45, 2.75) is 32.2 Å². The van der Waals surface area contributed by atoms with Crippen LogP contribution in [0.3, 0.4) is 0 Å². The first-order chi connectivity index (χ1) is 6.09. The molecule has 74 valence electrons. The van der Waals surface area contributed by atoms with Crippen LogP contribution >= 0.6 is 0 Å². The normalized spacial score (nSPS) is 22.1. The summed E-state index contributed by atoms with van der Waals surface area (Å²) in [6, 6.07) is 0.598. The monoisotopic (exact) mass is 180 g/mol. The van der Waals surface area contributed by atoms with Gasteiger partial charge in [0.2, 0.25) is 0 Å². The summed E-state index contributed by atoms with van der Waals surface area (Å²) >= 11 is 0. The lowest BCUT2D eigenvalue weighted by molar-refractivity contribution is 0.422. The Hall–Kier alpha value is -0.920. The van der Waals surface area contributed by atoms with Gasteiger partial charge in [-0.2, -0.15) is 0 Å². The van der Waals surface area contributed by atoms with Crippen LogP contribution in [0.15, 0.2) is 24.0 Å². The van der Waals surface area contributed by atoms with Crippen LogP contribution in [0.5, 0.6) is 0 Å². The third-order valence-electron chi connectivity index (χ3n) is 2.41. The van der Waals surface area contributed by atoms with Crippen molar-refractivity contribution in [1.82, 2.24) is 10.2 Å². The molecule has 2 nitrogen and oxygen atoms in total. The quantitative estimate of drug-likeness (QED) is 0.715. The van der Waals surface area contributed by atoms with Crippen molar-refractivity contribution in [3.05, 3.63) is 24.0 Å². The SMILES string of the molecule is C=C(C)NC1CC=C(N(C)C)CC1. The second kappa shape index (κ2) is 4.35. The molecule has 0 radical (unpaired) electrons. The molecule has 1 aliphatic rings. The number of hydrogen-bond acceptors (Lipinski definition) is 2. The second-order valence-electron chi connectivity index (χ2n) is 3.99. The summed E-state index contributed by atoms with van der Waals surface area (Å²) in [5.74, 6) is 0. The van der Waals surface area contributed by atoms with E-state index in [0.29, 0.717) is 6.04 Å². The Morgan fingerprint density at radius 3 is 2.69 bits per heavy atom. The van der Waals surface area contributed by atoms with Gasteiger partial charge in [0.25, 0.3) is 0 Å². The molecule has 0 saturated carbocycles. The number of hydrogen-bond donors (Lipinski definition) is 1. The van der Waals surface area contributed by atoms with Gasteiger partial charge in [-0.25, -0.2) is 0 Å². The fourth-order valence-electron chi connectivity index (χ4n) is 1.71. The fraction of sp³-hybridized carbons (Fsp3) is 0.636. The molecule has 0 bridgehead atoms. The van der Waals surface area contributed by atoms with Crippen LogP contribution in [0.4, 0.5) is 0 Å². The average molecular weight is 180 g/mol. The smallest absolute Gasteiger partial charge is 0.0296 e. The summed E-state index contributed by atoms with van der Waals surface area (Å²) in [7, 11) is 4.22. The van der Waals surface area contributed by atoms with Crippen LogP contribution in [0.25, 0.3) is 0 Å².